The van der Waals surface area contributed by atoms with Crippen molar-refractivity contribution < 1.29 is 14.2 Å². The fraction of sp³-hybridized carbons (Fsp3) is 0.500. The second-order valence-electron chi connectivity index (χ2n) is 3.54. The van der Waals surface area contributed by atoms with Crippen molar-refractivity contribution in [3.05, 3.63) is 23.8 Å². The standard InChI is InChI=1S/C12H19NO3/c1-9(7-13)16-8-10-4-5-11(14-2)6-12(10)15-3/h4-6,9H,7-8,13H2,1-3H3. The molecule has 0 radical (unpaired) electrons. The third-order valence-electron chi connectivity index (χ3n) is 2.35. The lowest BCUT2D eigenvalue weighted by Crippen LogP contribution is -2.19. The van der Waals surface area contributed by atoms with E-state index in [1.807, 2.05) is 25.1 Å². The molecule has 4 nitrogen and oxygen atoms in total. The van der Waals surface area contributed by atoms with E-state index in [2.05, 4.69) is 0 Å². The molecule has 0 aliphatic heterocycles. The van der Waals surface area contributed by atoms with E-state index in [-0.39, 0.29) is 6.10 Å². The van der Waals surface area contributed by atoms with Gasteiger partial charge in [-0.05, 0) is 19.1 Å². The minimum absolute atomic E-state index is 0.0480. The number of benzene rings is 1. The van der Waals surface area contributed by atoms with Crippen LogP contribution >= 0.6 is 0 Å². The van der Waals surface area contributed by atoms with Gasteiger partial charge < -0.3 is 19.9 Å². The van der Waals surface area contributed by atoms with Crippen LogP contribution in [0.15, 0.2) is 18.2 Å². The van der Waals surface area contributed by atoms with Gasteiger partial charge in [0.15, 0.2) is 0 Å². The van der Waals surface area contributed by atoms with Crippen LogP contribution in [0.3, 0.4) is 0 Å². The molecule has 0 fully saturated rings. The van der Waals surface area contributed by atoms with Crippen molar-refractivity contribution in [2.45, 2.75) is 19.6 Å². The number of rotatable bonds is 6. The molecular formula is C12H19NO3. The summed E-state index contributed by atoms with van der Waals surface area (Å²) in [4.78, 5) is 0. The molecule has 1 aromatic rings. The zero-order valence-electron chi connectivity index (χ0n) is 10.0. The van der Waals surface area contributed by atoms with Crippen LogP contribution in [-0.4, -0.2) is 26.9 Å². The molecular weight excluding hydrogens is 206 g/mol. The first-order chi connectivity index (χ1) is 7.71. The summed E-state index contributed by atoms with van der Waals surface area (Å²) in [5.74, 6) is 1.54. The maximum Gasteiger partial charge on any atom is 0.128 e. The molecule has 0 saturated carbocycles. The Morgan fingerprint density at radius 1 is 1.25 bits per heavy atom. The van der Waals surface area contributed by atoms with E-state index >= 15 is 0 Å². The van der Waals surface area contributed by atoms with Crippen molar-refractivity contribution >= 4 is 0 Å². The van der Waals surface area contributed by atoms with Gasteiger partial charge in [0.2, 0.25) is 0 Å². The number of nitrogens with two attached hydrogens (primary N) is 1. The van der Waals surface area contributed by atoms with Gasteiger partial charge in [0.1, 0.15) is 11.5 Å². The maximum atomic E-state index is 5.55. The van der Waals surface area contributed by atoms with Crippen LogP contribution in [0.5, 0.6) is 11.5 Å². The largest absolute Gasteiger partial charge is 0.497 e. The molecule has 0 heterocycles. The highest BCUT2D eigenvalue weighted by Crippen LogP contribution is 2.25. The lowest BCUT2D eigenvalue weighted by atomic mass is 10.2. The Balaban J connectivity index is 2.71. The minimum Gasteiger partial charge on any atom is -0.497 e. The zero-order chi connectivity index (χ0) is 12.0. The Bertz CT molecular complexity index is 328. The molecule has 1 unspecified atom stereocenters. The van der Waals surface area contributed by atoms with Gasteiger partial charge in [0, 0.05) is 18.2 Å². The second kappa shape index (κ2) is 6.35. The van der Waals surface area contributed by atoms with Gasteiger partial charge in [-0.2, -0.15) is 0 Å². The molecule has 1 aromatic carbocycles. The minimum atomic E-state index is 0.0480. The molecule has 0 aliphatic carbocycles. The van der Waals surface area contributed by atoms with Gasteiger partial charge >= 0.3 is 0 Å². The molecule has 4 heteroatoms. The zero-order valence-corrected chi connectivity index (χ0v) is 10.0. The SMILES string of the molecule is COc1ccc(COC(C)CN)c(OC)c1. The van der Waals surface area contributed by atoms with E-state index in [9.17, 15) is 0 Å². The molecule has 0 aliphatic rings. The monoisotopic (exact) mass is 225 g/mol. The molecule has 0 amide bonds. The van der Waals surface area contributed by atoms with Gasteiger partial charge in [0.25, 0.3) is 0 Å². The summed E-state index contributed by atoms with van der Waals surface area (Å²) in [5, 5.41) is 0. The van der Waals surface area contributed by atoms with Gasteiger partial charge in [-0.1, -0.05) is 0 Å². The Kier molecular flexibility index (Phi) is 5.08. The Labute approximate surface area is 96.3 Å². The molecule has 1 atom stereocenters. The van der Waals surface area contributed by atoms with Gasteiger partial charge in [-0.3, -0.25) is 0 Å². The van der Waals surface area contributed by atoms with Crippen molar-refractivity contribution in [2.24, 2.45) is 5.73 Å². The Morgan fingerprint density at radius 3 is 2.56 bits per heavy atom. The molecule has 0 bridgehead atoms. The summed E-state index contributed by atoms with van der Waals surface area (Å²) in [6.45, 7) is 2.94. The average Bonchev–Trinajstić information content (AvgIpc) is 2.35. The van der Waals surface area contributed by atoms with E-state index in [0.29, 0.717) is 13.2 Å². The molecule has 16 heavy (non-hydrogen) atoms. The lowest BCUT2D eigenvalue weighted by Gasteiger charge is -2.13. The predicted octanol–water partition coefficient (Wildman–Crippen LogP) is 1.57. The number of methoxy groups -OCH3 is 2. The maximum absolute atomic E-state index is 5.55. The lowest BCUT2D eigenvalue weighted by molar-refractivity contribution is 0.0577. The number of ether oxygens (including phenoxy) is 3. The Morgan fingerprint density at radius 2 is 2.00 bits per heavy atom. The summed E-state index contributed by atoms with van der Waals surface area (Å²) in [6.07, 6.45) is 0.0480. The van der Waals surface area contributed by atoms with E-state index in [0.717, 1.165) is 17.1 Å². The highest BCUT2D eigenvalue weighted by molar-refractivity contribution is 5.40. The molecule has 0 saturated heterocycles. The summed E-state index contributed by atoms with van der Waals surface area (Å²) >= 11 is 0. The quantitative estimate of drug-likeness (QED) is 0.798. The molecule has 0 aromatic heterocycles. The van der Waals surface area contributed by atoms with E-state index in [1.165, 1.54) is 0 Å². The highest BCUT2D eigenvalue weighted by Gasteiger charge is 2.06. The van der Waals surface area contributed by atoms with Gasteiger partial charge in [-0.15, -0.1) is 0 Å². The van der Waals surface area contributed by atoms with Crippen molar-refractivity contribution in [1.29, 1.82) is 0 Å². The summed E-state index contributed by atoms with van der Waals surface area (Å²) in [5.41, 5.74) is 6.47. The van der Waals surface area contributed by atoms with Crippen LogP contribution in [-0.2, 0) is 11.3 Å². The normalized spacial score (nSPS) is 12.2. The first-order valence-electron chi connectivity index (χ1n) is 5.23. The van der Waals surface area contributed by atoms with Gasteiger partial charge in [-0.25, -0.2) is 0 Å². The smallest absolute Gasteiger partial charge is 0.128 e. The third kappa shape index (κ3) is 3.40. The molecule has 0 spiro atoms. The Hall–Kier alpha value is -1.26. The number of hydrogen-bond donors (Lipinski definition) is 1. The van der Waals surface area contributed by atoms with Crippen LogP contribution in [0.4, 0.5) is 0 Å². The van der Waals surface area contributed by atoms with Gasteiger partial charge in [0.05, 0.1) is 26.9 Å². The van der Waals surface area contributed by atoms with Crippen molar-refractivity contribution in [3.8, 4) is 11.5 Å². The second-order valence-corrected chi connectivity index (χ2v) is 3.54. The van der Waals surface area contributed by atoms with Crippen molar-refractivity contribution in [1.82, 2.24) is 0 Å². The van der Waals surface area contributed by atoms with Crippen LogP contribution in [0.25, 0.3) is 0 Å². The fourth-order valence-electron chi connectivity index (χ4n) is 1.27. The van der Waals surface area contributed by atoms with Crippen molar-refractivity contribution in [2.75, 3.05) is 20.8 Å². The van der Waals surface area contributed by atoms with Crippen LogP contribution < -0.4 is 15.2 Å². The van der Waals surface area contributed by atoms with Crippen LogP contribution in [0.1, 0.15) is 12.5 Å². The highest BCUT2D eigenvalue weighted by atomic mass is 16.5. The molecule has 90 valence electrons. The summed E-state index contributed by atoms with van der Waals surface area (Å²) in [6, 6.07) is 5.65. The fourth-order valence-corrected chi connectivity index (χ4v) is 1.27. The topological polar surface area (TPSA) is 53.7 Å². The van der Waals surface area contributed by atoms with E-state index in [1.54, 1.807) is 14.2 Å². The first kappa shape index (κ1) is 12.8. The van der Waals surface area contributed by atoms with Crippen LogP contribution in [0.2, 0.25) is 0 Å². The first-order valence-corrected chi connectivity index (χ1v) is 5.23. The summed E-state index contributed by atoms with van der Waals surface area (Å²) in [7, 11) is 3.26. The summed E-state index contributed by atoms with van der Waals surface area (Å²) < 4.78 is 15.9. The molecule has 2 N–H and O–H groups in total. The van der Waals surface area contributed by atoms with Crippen molar-refractivity contribution in [3.63, 3.8) is 0 Å². The molecule has 1 rings (SSSR count). The van der Waals surface area contributed by atoms with E-state index in [4.69, 9.17) is 19.9 Å². The number of hydrogen-bond acceptors (Lipinski definition) is 4. The van der Waals surface area contributed by atoms with Crippen LogP contribution in [0, 0.1) is 0 Å². The average molecular weight is 225 g/mol. The van der Waals surface area contributed by atoms with E-state index < -0.39 is 0 Å². The third-order valence-corrected chi connectivity index (χ3v) is 2.35. The predicted molar refractivity (Wildman–Crippen MR) is 62.9 cm³/mol.